The second kappa shape index (κ2) is 13.7. The number of unbranched alkanes of at least 4 members (excludes halogenated alkanes) is 12. The van der Waals surface area contributed by atoms with Gasteiger partial charge in [-0.3, -0.25) is 0 Å². The van der Waals surface area contributed by atoms with E-state index in [-0.39, 0.29) is 5.75 Å². The smallest absolute Gasteiger partial charge is 0.123 e. The first kappa shape index (κ1) is 19.1. The lowest BCUT2D eigenvalue weighted by Gasteiger charge is -2.03. The highest BCUT2D eigenvalue weighted by atomic mass is 16.3. The van der Waals surface area contributed by atoms with Crippen molar-refractivity contribution in [2.24, 2.45) is 0 Å². The Hall–Kier alpha value is -0.980. The second-order valence-electron chi connectivity index (χ2n) is 6.55. The fraction of sp³-hybridized carbons (Fsp3) is 0.714. The molecule has 0 amide bonds. The zero-order valence-electron chi connectivity index (χ0n) is 14.6. The van der Waals surface area contributed by atoms with Crippen molar-refractivity contribution < 1.29 is 5.11 Å². The molecular weight excluding hydrogens is 268 g/mol. The molecule has 0 atom stereocenters. The predicted molar refractivity (Wildman–Crippen MR) is 96.3 cm³/mol. The average molecular weight is 304 g/mol. The fourth-order valence-corrected chi connectivity index (χ4v) is 2.98. The van der Waals surface area contributed by atoms with Crippen LogP contribution in [0.1, 0.15) is 96.0 Å². The van der Waals surface area contributed by atoms with E-state index in [2.05, 4.69) is 19.1 Å². The van der Waals surface area contributed by atoms with E-state index in [1.165, 1.54) is 83.5 Å². The summed E-state index contributed by atoms with van der Waals surface area (Å²) in [5.74, 6) is 0.271. The van der Waals surface area contributed by atoms with Crippen molar-refractivity contribution in [1.29, 1.82) is 0 Å². The summed E-state index contributed by atoms with van der Waals surface area (Å²) in [5, 5.41) is 9.36. The number of aryl methyl sites for hydroxylation is 1. The number of hydrogen-bond acceptors (Lipinski definition) is 1. The fourth-order valence-electron chi connectivity index (χ4n) is 2.98. The highest BCUT2D eigenvalue weighted by Crippen LogP contribution is 2.15. The Kier molecular flexibility index (Phi) is 11.8. The van der Waals surface area contributed by atoms with Gasteiger partial charge in [-0.2, -0.15) is 0 Å². The van der Waals surface area contributed by atoms with Gasteiger partial charge in [0.25, 0.3) is 0 Å². The van der Waals surface area contributed by atoms with Gasteiger partial charge in [-0.15, -0.1) is 0 Å². The molecule has 1 radical (unpaired) electrons. The molecule has 22 heavy (non-hydrogen) atoms. The molecule has 0 saturated carbocycles. The Labute approximate surface area is 138 Å². The minimum Gasteiger partial charge on any atom is -0.507 e. The van der Waals surface area contributed by atoms with E-state index < -0.39 is 0 Å². The summed E-state index contributed by atoms with van der Waals surface area (Å²) >= 11 is 0. The van der Waals surface area contributed by atoms with E-state index in [0.717, 1.165) is 12.0 Å². The normalized spacial score (nSPS) is 11.0. The van der Waals surface area contributed by atoms with Gasteiger partial charge in [0.05, 0.1) is 0 Å². The zero-order valence-corrected chi connectivity index (χ0v) is 14.6. The van der Waals surface area contributed by atoms with E-state index in [9.17, 15) is 5.11 Å². The van der Waals surface area contributed by atoms with Crippen LogP contribution in [0.4, 0.5) is 0 Å². The number of benzene rings is 1. The van der Waals surface area contributed by atoms with Gasteiger partial charge in [-0.25, -0.2) is 0 Å². The molecular formula is C21H35O. The maximum absolute atomic E-state index is 9.36. The Morgan fingerprint density at radius 3 is 1.73 bits per heavy atom. The molecule has 0 aliphatic rings. The summed E-state index contributed by atoms with van der Waals surface area (Å²) in [6.07, 6.45) is 19.1. The van der Waals surface area contributed by atoms with Gasteiger partial charge < -0.3 is 5.11 Å². The minimum atomic E-state index is 0.271. The Balaban J connectivity index is 1.80. The standard InChI is InChI=1S/C21H35O/c1-2-3-4-5-6-7-8-9-10-11-12-13-14-16-20-17-15-18-21(22)19-20/h15,17-18,22H,2-14,16H2,1H3. The second-order valence-corrected chi connectivity index (χ2v) is 6.55. The highest BCUT2D eigenvalue weighted by Gasteiger charge is 1.97. The highest BCUT2D eigenvalue weighted by molar-refractivity contribution is 5.25. The first-order valence-electron chi connectivity index (χ1n) is 9.53. The zero-order chi connectivity index (χ0) is 15.9. The van der Waals surface area contributed by atoms with Crippen LogP contribution in [0, 0.1) is 6.07 Å². The molecule has 1 rings (SSSR count). The molecule has 0 unspecified atom stereocenters. The van der Waals surface area contributed by atoms with Gasteiger partial charge in [-0.1, -0.05) is 96.1 Å². The molecule has 1 nitrogen and oxygen atoms in total. The molecule has 0 spiro atoms. The maximum atomic E-state index is 9.36. The topological polar surface area (TPSA) is 20.2 Å². The first-order chi connectivity index (χ1) is 10.8. The van der Waals surface area contributed by atoms with Crippen molar-refractivity contribution in [2.75, 3.05) is 0 Å². The van der Waals surface area contributed by atoms with Crippen LogP contribution in [0.25, 0.3) is 0 Å². The van der Waals surface area contributed by atoms with Crippen LogP contribution in [0.5, 0.6) is 5.75 Å². The maximum Gasteiger partial charge on any atom is 0.123 e. The minimum absolute atomic E-state index is 0.271. The van der Waals surface area contributed by atoms with E-state index in [1.54, 1.807) is 6.07 Å². The molecule has 125 valence electrons. The summed E-state index contributed by atoms with van der Waals surface area (Å²) in [6, 6.07) is 8.66. The monoisotopic (exact) mass is 303 g/mol. The summed E-state index contributed by atoms with van der Waals surface area (Å²) in [7, 11) is 0. The van der Waals surface area contributed by atoms with Crippen LogP contribution in [0.2, 0.25) is 0 Å². The molecule has 1 heteroatoms. The van der Waals surface area contributed by atoms with Crippen molar-refractivity contribution >= 4 is 0 Å². The summed E-state index contributed by atoms with van der Waals surface area (Å²) in [4.78, 5) is 0. The number of hydrogen-bond donors (Lipinski definition) is 1. The van der Waals surface area contributed by atoms with Crippen molar-refractivity contribution in [1.82, 2.24) is 0 Å². The quantitative estimate of drug-likeness (QED) is 0.374. The summed E-state index contributed by atoms with van der Waals surface area (Å²) in [6.45, 7) is 2.28. The van der Waals surface area contributed by atoms with Crippen molar-refractivity contribution in [2.45, 2.75) is 96.8 Å². The number of aromatic hydroxyl groups is 1. The molecule has 0 saturated heterocycles. The van der Waals surface area contributed by atoms with Gasteiger partial charge in [-0.05, 0) is 24.5 Å². The van der Waals surface area contributed by atoms with Crippen LogP contribution in [-0.4, -0.2) is 5.11 Å². The van der Waals surface area contributed by atoms with Crippen LogP contribution >= 0.6 is 0 Å². The lowest BCUT2D eigenvalue weighted by Crippen LogP contribution is -1.87. The van der Waals surface area contributed by atoms with Crippen molar-refractivity contribution in [3.05, 3.63) is 29.8 Å². The number of phenolic OH excluding ortho intramolecular Hbond substituents is 1. The molecule has 1 aromatic rings. The first-order valence-corrected chi connectivity index (χ1v) is 9.53. The van der Waals surface area contributed by atoms with E-state index in [4.69, 9.17) is 0 Å². The van der Waals surface area contributed by atoms with Crippen LogP contribution in [-0.2, 0) is 6.42 Å². The van der Waals surface area contributed by atoms with Gasteiger partial charge in [0, 0.05) is 6.07 Å². The summed E-state index contributed by atoms with van der Waals surface area (Å²) in [5.41, 5.74) is 1.14. The molecule has 0 aliphatic heterocycles. The summed E-state index contributed by atoms with van der Waals surface area (Å²) < 4.78 is 0. The van der Waals surface area contributed by atoms with E-state index in [1.807, 2.05) is 6.07 Å². The SMILES string of the molecule is CCCCCCCCCCCCCCCc1[c]c(O)ccc1. The van der Waals surface area contributed by atoms with E-state index >= 15 is 0 Å². The Morgan fingerprint density at radius 1 is 0.727 bits per heavy atom. The molecule has 1 aromatic carbocycles. The van der Waals surface area contributed by atoms with Crippen molar-refractivity contribution in [3.8, 4) is 5.75 Å². The molecule has 0 heterocycles. The van der Waals surface area contributed by atoms with Gasteiger partial charge >= 0.3 is 0 Å². The lowest BCUT2D eigenvalue weighted by atomic mass is 10.0. The molecule has 1 N–H and O–H groups in total. The van der Waals surface area contributed by atoms with Gasteiger partial charge in [0.15, 0.2) is 0 Å². The number of phenols is 1. The van der Waals surface area contributed by atoms with E-state index in [0.29, 0.717) is 0 Å². The largest absolute Gasteiger partial charge is 0.507 e. The number of rotatable bonds is 14. The third-order valence-electron chi connectivity index (χ3n) is 4.39. The van der Waals surface area contributed by atoms with Crippen LogP contribution in [0.15, 0.2) is 18.2 Å². The third kappa shape index (κ3) is 10.7. The molecule has 0 aromatic heterocycles. The molecule has 0 aliphatic carbocycles. The molecule has 0 bridgehead atoms. The third-order valence-corrected chi connectivity index (χ3v) is 4.39. The Morgan fingerprint density at radius 2 is 1.23 bits per heavy atom. The predicted octanol–water partition coefficient (Wildman–Crippen LogP) is 6.83. The van der Waals surface area contributed by atoms with Crippen LogP contribution in [0.3, 0.4) is 0 Å². The van der Waals surface area contributed by atoms with Crippen LogP contribution < -0.4 is 0 Å². The average Bonchev–Trinajstić information content (AvgIpc) is 2.52. The van der Waals surface area contributed by atoms with Gasteiger partial charge in [0.2, 0.25) is 0 Å². The molecule has 0 fully saturated rings. The van der Waals surface area contributed by atoms with Gasteiger partial charge in [0.1, 0.15) is 5.75 Å². The van der Waals surface area contributed by atoms with Crippen molar-refractivity contribution in [3.63, 3.8) is 0 Å². The lowest BCUT2D eigenvalue weighted by molar-refractivity contribution is 0.473. The Bertz CT molecular complexity index is 359.